The van der Waals surface area contributed by atoms with E-state index in [1.807, 2.05) is 0 Å². The molecule has 0 aromatic heterocycles. The average molecular weight is 252 g/mol. The van der Waals surface area contributed by atoms with Crippen molar-refractivity contribution < 1.29 is 0 Å². The van der Waals surface area contributed by atoms with E-state index < -0.39 is 0 Å². The lowest BCUT2D eigenvalue weighted by atomic mass is 9.74. The van der Waals surface area contributed by atoms with Gasteiger partial charge in [0.1, 0.15) is 0 Å². The van der Waals surface area contributed by atoms with Gasteiger partial charge in [-0.3, -0.25) is 0 Å². The fourth-order valence-electron chi connectivity index (χ4n) is 3.56. The molecule has 18 heavy (non-hydrogen) atoms. The Kier molecular flexibility index (Phi) is 5.08. The molecule has 106 valence electrons. The zero-order chi connectivity index (χ0) is 13.1. The highest BCUT2D eigenvalue weighted by atomic mass is 15.2. The molecule has 2 rings (SSSR count). The van der Waals surface area contributed by atoms with E-state index in [1.54, 1.807) is 0 Å². The van der Waals surface area contributed by atoms with E-state index >= 15 is 0 Å². The Hall–Kier alpha value is -0.0800. The zero-order valence-corrected chi connectivity index (χ0v) is 12.8. The zero-order valence-electron chi connectivity index (χ0n) is 12.8. The first-order chi connectivity index (χ1) is 8.58. The Morgan fingerprint density at radius 2 is 1.89 bits per heavy atom. The second-order valence-corrected chi connectivity index (χ2v) is 7.10. The predicted octanol–water partition coefficient (Wildman–Crippen LogP) is 3.13. The van der Waals surface area contributed by atoms with Crippen LogP contribution in [0.5, 0.6) is 0 Å². The van der Waals surface area contributed by atoms with Crippen molar-refractivity contribution in [3.63, 3.8) is 0 Å². The SMILES string of the molecule is CC1CCC(C(C)C)C(NCCN(C)C2CC2)C1. The van der Waals surface area contributed by atoms with Crippen molar-refractivity contribution in [1.82, 2.24) is 10.2 Å². The molecular formula is C16H32N2. The maximum Gasteiger partial charge on any atom is 0.0107 e. The molecule has 3 atom stereocenters. The van der Waals surface area contributed by atoms with Crippen LogP contribution < -0.4 is 5.32 Å². The molecule has 1 N–H and O–H groups in total. The molecule has 0 amide bonds. The molecule has 2 heteroatoms. The van der Waals surface area contributed by atoms with Gasteiger partial charge in [-0.15, -0.1) is 0 Å². The highest BCUT2D eigenvalue weighted by Gasteiger charge is 2.30. The van der Waals surface area contributed by atoms with Crippen molar-refractivity contribution in [2.75, 3.05) is 20.1 Å². The van der Waals surface area contributed by atoms with E-state index in [4.69, 9.17) is 0 Å². The van der Waals surface area contributed by atoms with Crippen molar-refractivity contribution in [1.29, 1.82) is 0 Å². The molecular weight excluding hydrogens is 220 g/mol. The molecule has 2 fully saturated rings. The molecule has 3 unspecified atom stereocenters. The third-order valence-electron chi connectivity index (χ3n) is 5.06. The monoisotopic (exact) mass is 252 g/mol. The first kappa shape index (κ1) is 14.3. The number of hydrogen-bond acceptors (Lipinski definition) is 2. The predicted molar refractivity (Wildman–Crippen MR) is 78.8 cm³/mol. The Bertz CT molecular complexity index is 247. The van der Waals surface area contributed by atoms with Crippen molar-refractivity contribution in [2.45, 2.75) is 65.0 Å². The standard InChI is InChI=1S/C16H32N2/c1-12(2)15-8-5-13(3)11-16(15)17-9-10-18(4)14-6-7-14/h12-17H,5-11H2,1-4H3. The second kappa shape index (κ2) is 6.38. The third-order valence-corrected chi connectivity index (χ3v) is 5.06. The van der Waals surface area contributed by atoms with E-state index in [9.17, 15) is 0 Å². The second-order valence-electron chi connectivity index (χ2n) is 7.10. The summed E-state index contributed by atoms with van der Waals surface area (Å²) < 4.78 is 0. The molecule has 2 aliphatic carbocycles. The number of nitrogens with one attached hydrogen (secondary N) is 1. The van der Waals surface area contributed by atoms with Crippen LogP contribution in [0.3, 0.4) is 0 Å². The molecule has 0 aliphatic heterocycles. The molecule has 0 radical (unpaired) electrons. The number of likely N-dealkylation sites (N-methyl/N-ethyl adjacent to an activating group) is 1. The highest BCUT2D eigenvalue weighted by molar-refractivity contribution is 4.87. The quantitative estimate of drug-likeness (QED) is 0.781. The lowest BCUT2D eigenvalue weighted by Crippen LogP contribution is -2.45. The van der Waals surface area contributed by atoms with E-state index in [0.29, 0.717) is 0 Å². The maximum absolute atomic E-state index is 3.86. The summed E-state index contributed by atoms with van der Waals surface area (Å²) in [4.78, 5) is 2.53. The van der Waals surface area contributed by atoms with E-state index in [1.165, 1.54) is 45.2 Å². The van der Waals surface area contributed by atoms with Gasteiger partial charge in [-0.25, -0.2) is 0 Å². The normalized spacial score (nSPS) is 33.3. The van der Waals surface area contributed by atoms with Gasteiger partial charge >= 0.3 is 0 Å². The smallest absolute Gasteiger partial charge is 0.0107 e. The van der Waals surface area contributed by atoms with Gasteiger partial charge in [0, 0.05) is 25.2 Å². The van der Waals surface area contributed by atoms with Crippen LogP contribution in [0, 0.1) is 17.8 Å². The van der Waals surface area contributed by atoms with Gasteiger partial charge in [-0.2, -0.15) is 0 Å². The average Bonchev–Trinajstić information content (AvgIpc) is 3.12. The van der Waals surface area contributed by atoms with Crippen LogP contribution in [-0.2, 0) is 0 Å². The Balaban J connectivity index is 1.73. The van der Waals surface area contributed by atoms with Crippen LogP contribution in [0.25, 0.3) is 0 Å². The van der Waals surface area contributed by atoms with Crippen LogP contribution in [0.4, 0.5) is 0 Å². The lowest BCUT2D eigenvalue weighted by Gasteiger charge is -2.38. The van der Waals surface area contributed by atoms with E-state index in [2.05, 4.69) is 38.0 Å². The highest BCUT2D eigenvalue weighted by Crippen LogP contribution is 2.33. The van der Waals surface area contributed by atoms with Gasteiger partial charge in [0.15, 0.2) is 0 Å². The first-order valence-corrected chi connectivity index (χ1v) is 8.01. The summed E-state index contributed by atoms with van der Waals surface area (Å²) in [6, 6.07) is 1.67. The number of nitrogens with zero attached hydrogens (tertiary/aromatic N) is 1. The summed E-state index contributed by atoms with van der Waals surface area (Å²) in [6.07, 6.45) is 7.09. The molecule has 2 nitrogen and oxygen atoms in total. The Morgan fingerprint density at radius 1 is 1.17 bits per heavy atom. The Morgan fingerprint density at radius 3 is 2.50 bits per heavy atom. The number of hydrogen-bond donors (Lipinski definition) is 1. The minimum atomic E-state index is 0.765. The van der Waals surface area contributed by atoms with Gasteiger partial charge in [0.05, 0.1) is 0 Å². The molecule has 0 bridgehead atoms. The molecule has 0 aromatic carbocycles. The van der Waals surface area contributed by atoms with E-state index in [0.717, 1.165) is 29.8 Å². The van der Waals surface area contributed by atoms with Crippen molar-refractivity contribution in [3.8, 4) is 0 Å². The summed E-state index contributed by atoms with van der Waals surface area (Å²) in [7, 11) is 2.28. The van der Waals surface area contributed by atoms with Crippen LogP contribution in [-0.4, -0.2) is 37.1 Å². The largest absolute Gasteiger partial charge is 0.312 e. The Labute approximate surface area is 114 Å². The third kappa shape index (κ3) is 3.96. The summed E-state index contributed by atoms with van der Waals surface area (Å²) >= 11 is 0. The van der Waals surface area contributed by atoms with Gasteiger partial charge < -0.3 is 10.2 Å². The minimum absolute atomic E-state index is 0.765. The molecule has 0 aromatic rings. The molecule has 0 saturated heterocycles. The van der Waals surface area contributed by atoms with Crippen LogP contribution >= 0.6 is 0 Å². The topological polar surface area (TPSA) is 15.3 Å². The minimum Gasteiger partial charge on any atom is -0.312 e. The molecule has 0 heterocycles. The fourth-order valence-corrected chi connectivity index (χ4v) is 3.56. The van der Waals surface area contributed by atoms with Gasteiger partial charge in [0.25, 0.3) is 0 Å². The fraction of sp³-hybridized carbons (Fsp3) is 1.00. The van der Waals surface area contributed by atoms with E-state index in [-0.39, 0.29) is 0 Å². The summed E-state index contributed by atoms with van der Waals surface area (Å²) in [6.45, 7) is 9.60. The van der Waals surface area contributed by atoms with Crippen LogP contribution in [0.1, 0.15) is 52.9 Å². The van der Waals surface area contributed by atoms with Gasteiger partial charge in [-0.05, 0) is 50.5 Å². The summed E-state index contributed by atoms with van der Waals surface area (Å²) in [5.74, 6) is 2.64. The maximum atomic E-state index is 3.86. The van der Waals surface area contributed by atoms with Crippen molar-refractivity contribution in [3.05, 3.63) is 0 Å². The van der Waals surface area contributed by atoms with Crippen molar-refractivity contribution >= 4 is 0 Å². The van der Waals surface area contributed by atoms with Crippen LogP contribution in [0.2, 0.25) is 0 Å². The van der Waals surface area contributed by atoms with Crippen LogP contribution in [0.15, 0.2) is 0 Å². The lowest BCUT2D eigenvalue weighted by molar-refractivity contribution is 0.166. The molecule has 0 spiro atoms. The first-order valence-electron chi connectivity index (χ1n) is 8.01. The van der Waals surface area contributed by atoms with Crippen molar-refractivity contribution in [2.24, 2.45) is 17.8 Å². The van der Waals surface area contributed by atoms with Gasteiger partial charge in [-0.1, -0.05) is 27.2 Å². The number of rotatable bonds is 6. The summed E-state index contributed by atoms with van der Waals surface area (Å²) in [5.41, 5.74) is 0. The van der Waals surface area contributed by atoms with Gasteiger partial charge in [0.2, 0.25) is 0 Å². The summed E-state index contributed by atoms with van der Waals surface area (Å²) in [5, 5.41) is 3.86. The molecule has 2 aliphatic rings. The molecule has 2 saturated carbocycles.